The average Bonchev–Trinajstić information content (AvgIpc) is 3.19. The average molecular weight is 363 g/mol. The van der Waals surface area contributed by atoms with Crippen molar-refractivity contribution >= 4 is 6.09 Å². The molecule has 0 aromatic carbocycles. The summed E-state index contributed by atoms with van der Waals surface area (Å²) in [7, 11) is 0. The molecule has 0 radical (unpaired) electrons. The van der Waals surface area contributed by atoms with Crippen LogP contribution in [0.1, 0.15) is 96.8 Å². The van der Waals surface area contributed by atoms with Crippen LogP contribution in [0.2, 0.25) is 0 Å². The van der Waals surface area contributed by atoms with E-state index in [0.717, 1.165) is 12.8 Å². The molecule has 1 aromatic heterocycles. The van der Waals surface area contributed by atoms with Crippen LogP contribution >= 0.6 is 0 Å². The molecule has 0 spiro atoms. The molecule has 0 aliphatic carbocycles. The van der Waals surface area contributed by atoms with E-state index in [2.05, 4.69) is 24.1 Å². The maximum Gasteiger partial charge on any atom is 0.419 e. The highest BCUT2D eigenvalue weighted by molar-refractivity contribution is 5.69. The second kappa shape index (κ2) is 16.9. The Morgan fingerprint density at radius 2 is 1.46 bits per heavy atom. The zero-order valence-corrected chi connectivity index (χ0v) is 16.7. The number of nitrogens with zero attached hydrogens (tertiary/aromatic N) is 2. The van der Waals surface area contributed by atoms with Crippen molar-refractivity contribution in [2.24, 2.45) is 0 Å². The summed E-state index contributed by atoms with van der Waals surface area (Å²) in [5.74, 6) is 0. The molecule has 0 N–H and O–H groups in total. The number of allylic oxidation sites excluding steroid dienone is 2. The number of carbonyl (C=O) groups excluding carboxylic acids is 1. The van der Waals surface area contributed by atoms with Crippen molar-refractivity contribution in [3.05, 3.63) is 30.9 Å². The van der Waals surface area contributed by atoms with Crippen molar-refractivity contribution in [2.75, 3.05) is 6.61 Å². The van der Waals surface area contributed by atoms with Gasteiger partial charge in [0.15, 0.2) is 0 Å². The molecule has 0 aliphatic rings. The topological polar surface area (TPSA) is 44.1 Å². The van der Waals surface area contributed by atoms with Crippen LogP contribution in [0.25, 0.3) is 0 Å². The molecule has 0 saturated carbocycles. The molecule has 0 atom stereocenters. The third kappa shape index (κ3) is 12.7. The van der Waals surface area contributed by atoms with E-state index in [9.17, 15) is 4.79 Å². The standard InChI is InChI=1S/C22H38N2O2/c1-2-3-4-5-6-7-8-9-10-11-12-13-14-15-16-17-20-26-22(25)24-19-18-23-21-24/h9-10,18-19,21H,2-8,11-17,20H2,1H3. The Morgan fingerprint density at radius 1 is 0.885 bits per heavy atom. The maximum atomic E-state index is 11.6. The lowest BCUT2D eigenvalue weighted by molar-refractivity contribution is 0.145. The van der Waals surface area contributed by atoms with Crippen molar-refractivity contribution in [3.8, 4) is 0 Å². The molecule has 148 valence electrons. The number of hydrogen-bond donors (Lipinski definition) is 0. The van der Waals surface area contributed by atoms with Gasteiger partial charge in [0, 0.05) is 12.4 Å². The van der Waals surface area contributed by atoms with Crippen molar-refractivity contribution in [2.45, 2.75) is 96.8 Å². The Morgan fingerprint density at radius 3 is 2.04 bits per heavy atom. The predicted octanol–water partition coefficient (Wildman–Crippen LogP) is 6.91. The summed E-state index contributed by atoms with van der Waals surface area (Å²) in [4.78, 5) is 15.4. The molecule has 0 amide bonds. The minimum absolute atomic E-state index is 0.338. The number of carbonyl (C=O) groups is 1. The third-order valence-corrected chi connectivity index (χ3v) is 4.60. The van der Waals surface area contributed by atoms with Gasteiger partial charge in [-0.2, -0.15) is 0 Å². The van der Waals surface area contributed by atoms with E-state index in [0.29, 0.717) is 6.61 Å². The van der Waals surface area contributed by atoms with Gasteiger partial charge in [-0.25, -0.2) is 14.3 Å². The van der Waals surface area contributed by atoms with Crippen LogP contribution < -0.4 is 0 Å². The van der Waals surface area contributed by atoms with E-state index in [1.807, 2.05) is 0 Å². The van der Waals surface area contributed by atoms with Gasteiger partial charge in [0.2, 0.25) is 0 Å². The van der Waals surface area contributed by atoms with Crippen molar-refractivity contribution in [1.29, 1.82) is 0 Å². The monoisotopic (exact) mass is 362 g/mol. The molecule has 1 heterocycles. The van der Waals surface area contributed by atoms with Gasteiger partial charge in [0.1, 0.15) is 6.33 Å². The number of rotatable bonds is 16. The first-order valence-corrected chi connectivity index (χ1v) is 10.6. The lowest BCUT2D eigenvalue weighted by Crippen LogP contribution is -2.12. The van der Waals surface area contributed by atoms with Gasteiger partial charge >= 0.3 is 6.09 Å². The Bertz CT molecular complexity index is 455. The third-order valence-electron chi connectivity index (χ3n) is 4.60. The van der Waals surface area contributed by atoms with E-state index in [-0.39, 0.29) is 6.09 Å². The second-order valence-corrected chi connectivity index (χ2v) is 7.02. The fraction of sp³-hybridized carbons (Fsp3) is 0.727. The molecular formula is C22H38N2O2. The molecule has 0 fully saturated rings. The van der Waals surface area contributed by atoms with Crippen LogP contribution in [-0.4, -0.2) is 22.3 Å². The van der Waals surface area contributed by atoms with Crippen molar-refractivity contribution < 1.29 is 9.53 Å². The highest BCUT2D eigenvalue weighted by Crippen LogP contribution is 2.10. The summed E-state index contributed by atoms with van der Waals surface area (Å²) < 4.78 is 6.54. The number of unbranched alkanes of at least 4 members (excludes halogenated alkanes) is 12. The molecule has 0 unspecified atom stereocenters. The summed E-state index contributed by atoms with van der Waals surface area (Å²) in [5.41, 5.74) is 0. The highest BCUT2D eigenvalue weighted by atomic mass is 16.5. The van der Waals surface area contributed by atoms with E-state index >= 15 is 0 Å². The smallest absolute Gasteiger partial charge is 0.419 e. The van der Waals surface area contributed by atoms with Gasteiger partial charge in [-0.3, -0.25) is 0 Å². The Labute approximate surface area is 160 Å². The summed E-state index contributed by atoms with van der Waals surface area (Å²) >= 11 is 0. The molecule has 26 heavy (non-hydrogen) atoms. The Hall–Kier alpha value is -1.58. The molecule has 0 bridgehead atoms. The summed E-state index contributed by atoms with van der Waals surface area (Å²) in [6.07, 6.45) is 27.0. The van der Waals surface area contributed by atoms with Crippen LogP contribution in [-0.2, 0) is 4.74 Å². The van der Waals surface area contributed by atoms with Crippen molar-refractivity contribution in [3.63, 3.8) is 0 Å². The van der Waals surface area contributed by atoms with Gasteiger partial charge in [-0.1, -0.05) is 76.9 Å². The minimum atomic E-state index is -0.338. The summed E-state index contributed by atoms with van der Waals surface area (Å²) in [6, 6.07) is 0. The largest absolute Gasteiger partial charge is 0.449 e. The molecule has 4 nitrogen and oxygen atoms in total. The zero-order chi connectivity index (χ0) is 18.7. The lowest BCUT2D eigenvalue weighted by atomic mass is 10.1. The van der Waals surface area contributed by atoms with Gasteiger partial charge in [0.05, 0.1) is 6.61 Å². The molecular weight excluding hydrogens is 324 g/mol. The fourth-order valence-corrected chi connectivity index (χ4v) is 2.95. The zero-order valence-electron chi connectivity index (χ0n) is 16.7. The van der Waals surface area contributed by atoms with E-state index in [1.54, 1.807) is 12.4 Å². The normalized spacial score (nSPS) is 11.3. The molecule has 4 heteroatoms. The van der Waals surface area contributed by atoms with E-state index < -0.39 is 0 Å². The summed E-state index contributed by atoms with van der Waals surface area (Å²) in [5, 5.41) is 0. The highest BCUT2D eigenvalue weighted by Gasteiger charge is 2.03. The quantitative estimate of drug-likeness (QED) is 0.237. The van der Waals surface area contributed by atoms with Crippen LogP contribution in [0.5, 0.6) is 0 Å². The van der Waals surface area contributed by atoms with Gasteiger partial charge in [0.25, 0.3) is 0 Å². The first-order chi connectivity index (χ1) is 12.8. The molecule has 0 saturated heterocycles. The fourth-order valence-electron chi connectivity index (χ4n) is 2.95. The van der Waals surface area contributed by atoms with Crippen LogP contribution in [0.15, 0.2) is 30.9 Å². The van der Waals surface area contributed by atoms with Crippen LogP contribution in [0.4, 0.5) is 4.79 Å². The van der Waals surface area contributed by atoms with Gasteiger partial charge < -0.3 is 4.74 Å². The molecule has 1 rings (SSSR count). The van der Waals surface area contributed by atoms with E-state index in [1.165, 1.54) is 87.9 Å². The lowest BCUT2D eigenvalue weighted by Gasteiger charge is -2.04. The Balaban J connectivity index is 1.76. The maximum absolute atomic E-state index is 11.6. The number of imidazole rings is 1. The molecule has 0 aliphatic heterocycles. The minimum Gasteiger partial charge on any atom is -0.449 e. The number of aromatic nitrogens is 2. The van der Waals surface area contributed by atoms with Crippen LogP contribution in [0.3, 0.4) is 0 Å². The first kappa shape index (κ1) is 22.5. The number of ether oxygens (including phenoxy) is 1. The van der Waals surface area contributed by atoms with Crippen LogP contribution in [0, 0.1) is 0 Å². The predicted molar refractivity (Wildman–Crippen MR) is 108 cm³/mol. The molecule has 1 aromatic rings. The van der Waals surface area contributed by atoms with Crippen molar-refractivity contribution in [1.82, 2.24) is 9.55 Å². The second-order valence-electron chi connectivity index (χ2n) is 7.02. The van der Waals surface area contributed by atoms with Gasteiger partial charge in [-0.05, 0) is 32.1 Å². The number of hydrogen-bond acceptors (Lipinski definition) is 3. The van der Waals surface area contributed by atoms with E-state index in [4.69, 9.17) is 4.74 Å². The first-order valence-electron chi connectivity index (χ1n) is 10.6. The SMILES string of the molecule is CCCCCCCCC=CCCCCCCCCOC(=O)n1ccnc1. The van der Waals surface area contributed by atoms with Gasteiger partial charge in [-0.15, -0.1) is 0 Å². The Kier molecular flexibility index (Phi) is 14.6. The summed E-state index contributed by atoms with van der Waals surface area (Å²) in [6.45, 7) is 2.77.